The molecule has 0 unspecified atom stereocenters. The van der Waals surface area contributed by atoms with Gasteiger partial charge in [0.05, 0.1) is 32.3 Å². The van der Waals surface area contributed by atoms with Gasteiger partial charge in [-0.05, 0) is 29.8 Å². The van der Waals surface area contributed by atoms with Crippen molar-refractivity contribution in [2.45, 2.75) is 11.4 Å². The summed E-state index contributed by atoms with van der Waals surface area (Å²) in [4.78, 5) is 12.8. The zero-order valence-corrected chi connectivity index (χ0v) is 17.2. The fourth-order valence-corrected chi connectivity index (χ4v) is 4.47. The molecule has 1 aliphatic heterocycles. The van der Waals surface area contributed by atoms with E-state index in [1.165, 1.54) is 18.5 Å². The lowest BCUT2D eigenvalue weighted by molar-refractivity contribution is 0.0730. The summed E-state index contributed by atoms with van der Waals surface area (Å²) in [7, 11) is -0.568. The molecule has 2 aromatic rings. The number of rotatable bonds is 7. The largest absolute Gasteiger partial charge is 0.496 e. The van der Waals surface area contributed by atoms with Gasteiger partial charge in [0.15, 0.2) is 0 Å². The third-order valence-corrected chi connectivity index (χ3v) is 6.55. The Labute approximate surface area is 170 Å². The topological polar surface area (TPSA) is 94.2 Å². The Morgan fingerprint density at radius 3 is 2.17 bits per heavy atom. The summed E-state index contributed by atoms with van der Waals surface area (Å²) in [6, 6.07) is 11.6. The predicted octanol–water partition coefficient (Wildman–Crippen LogP) is 1.65. The molecule has 0 atom stereocenters. The second kappa shape index (κ2) is 9.25. The van der Waals surface area contributed by atoms with E-state index in [0.29, 0.717) is 43.4 Å². The first-order valence-electron chi connectivity index (χ1n) is 9.13. The lowest BCUT2D eigenvalue weighted by Crippen LogP contribution is -2.40. The lowest BCUT2D eigenvalue weighted by atomic mass is 10.1. The lowest BCUT2D eigenvalue weighted by Gasteiger charge is -2.26. The van der Waals surface area contributed by atoms with Crippen molar-refractivity contribution < 1.29 is 27.4 Å². The number of methoxy groups -OCH3 is 2. The highest BCUT2D eigenvalue weighted by molar-refractivity contribution is 7.89. The Hall–Kier alpha value is -2.62. The van der Waals surface area contributed by atoms with Gasteiger partial charge in [-0.25, -0.2) is 8.42 Å². The van der Waals surface area contributed by atoms with Crippen LogP contribution in [0.15, 0.2) is 47.4 Å². The van der Waals surface area contributed by atoms with E-state index in [0.717, 1.165) is 5.56 Å². The van der Waals surface area contributed by atoms with Crippen molar-refractivity contribution in [3.63, 3.8) is 0 Å². The third-order valence-electron chi connectivity index (χ3n) is 4.64. The Morgan fingerprint density at radius 2 is 1.62 bits per heavy atom. The molecule has 29 heavy (non-hydrogen) atoms. The van der Waals surface area contributed by atoms with Crippen LogP contribution >= 0.6 is 0 Å². The summed E-state index contributed by atoms with van der Waals surface area (Å²) < 4.78 is 42.5. The molecule has 1 saturated heterocycles. The molecule has 156 valence electrons. The van der Waals surface area contributed by atoms with E-state index >= 15 is 0 Å². The van der Waals surface area contributed by atoms with E-state index in [1.807, 2.05) is 0 Å². The average Bonchev–Trinajstić information content (AvgIpc) is 2.77. The number of amides is 1. The molecular weight excluding hydrogens is 396 g/mol. The van der Waals surface area contributed by atoms with Crippen molar-refractivity contribution in [2.75, 3.05) is 40.5 Å². The van der Waals surface area contributed by atoms with Crippen LogP contribution in [0.5, 0.6) is 11.5 Å². The minimum Gasteiger partial charge on any atom is -0.496 e. The second-order valence-electron chi connectivity index (χ2n) is 6.38. The molecule has 2 aromatic carbocycles. The molecule has 0 spiro atoms. The number of ether oxygens (including phenoxy) is 3. The van der Waals surface area contributed by atoms with Crippen LogP contribution in [-0.2, 0) is 21.3 Å². The summed E-state index contributed by atoms with van der Waals surface area (Å²) in [5.41, 5.74) is 1.08. The summed E-state index contributed by atoms with van der Waals surface area (Å²) in [5, 5.41) is 2.81. The Kier molecular flexibility index (Phi) is 6.73. The molecule has 1 amide bonds. The van der Waals surface area contributed by atoms with Crippen LogP contribution in [0.2, 0.25) is 0 Å². The Morgan fingerprint density at radius 1 is 1.03 bits per heavy atom. The SMILES string of the molecule is COc1cccc(OC)c1C(=O)NCc1ccc(S(=O)(=O)N2CCOCC2)cc1. The molecular formula is C20H24N2O6S. The fourth-order valence-electron chi connectivity index (χ4n) is 3.06. The maximum Gasteiger partial charge on any atom is 0.259 e. The van der Waals surface area contributed by atoms with E-state index in [-0.39, 0.29) is 17.3 Å². The maximum absolute atomic E-state index is 12.7. The van der Waals surface area contributed by atoms with Gasteiger partial charge in [0, 0.05) is 19.6 Å². The van der Waals surface area contributed by atoms with Gasteiger partial charge in [-0.2, -0.15) is 4.31 Å². The van der Waals surface area contributed by atoms with E-state index in [1.54, 1.807) is 42.5 Å². The van der Waals surface area contributed by atoms with E-state index in [2.05, 4.69) is 5.32 Å². The number of hydrogen-bond donors (Lipinski definition) is 1. The molecule has 1 fully saturated rings. The molecule has 1 aliphatic rings. The molecule has 0 bridgehead atoms. The van der Waals surface area contributed by atoms with Crippen LogP contribution in [0, 0.1) is 0 Å². The third kappa shape index (κ3) is 4.69. The minimum atomic E-state index is -3.54. The first-order valence-corrected chi connectivity index (χ1v) is 10.6. The molecule has 0 radical (unpaired) electrons. The van der Waals surface area contributed by atoms with E-state index in [9.17, 15) is 13.2 Å². The maximum atomic E-state index is 12.7. The highest BCUT2D eigenvalue weighted by Crippen LogP contribution is 2.28. The summed E-state index contributed by atoms with van der Waals surface area (Å²) in [6.45, 7) is 1.73. The van der Waals surface area contributed by atoms with Crippen LogP contribution in [0.1, 0.15) is 15.9 Å². The molecule has 0 aliphatic carbocycles. The predicted molar refractivity (Wildman–Crippen MR) is 107 cm³/mol. The number of nitrogens with zero attached hydrogens (tertiary/aromatic N) is 1. The van der Waals surface area contributed by atoms with Crippen molar-refractivity contribution in [3.05, 3.63) is 53.6 Å². The van der Waals surface area contributed by atoms with Crippen molar-refractivity contribution in [2.24, 2.45) is 0 Å². The van der Waals surface area contributed by atoms with Gasteiger partial charge in [-0.1, -0.05) is 18.2 Å². The highest BCUT2D eigenvalue weighted by atomic mass is 32.2. The number of nitrogens with one attached hydrogen (secondary N) is 1. The number of morpholine rings is 1. The molecule has 0 saturated carbocycles. The first-order chi connectivity index (χ1) is 14.0. The van der Waals surface area contributed by atoms with Crippen LogP contribution in [0.3, 0.4) is 0 Å². The van der Waals surface area contributed by atoms with Crippen LogP contribution in [-0.4, -0.2) is 59.2 Å². The normalized spacial score (nSPS) is 15.0. The van der Waals surface area contributed by atoms with Gasteiger partial charge in [-0.3, -0.25) is 4.79 Å². The summed E-state index contributed by atoms with van der Waals surface area (Å²) in [5.74, 6) is 0.479. The number of hydrogen-bond acceptors (Lipinski definition) is 6. The number of sulfonamides is 1. The fraction of sp³-hybridized carbons (Fsp3) is 0.350. The molecule has 1 heterocycles. The summed E-state index contributed by atoms with van der Waals surface area (Å²) in [6.07, 6.45) is 0. The Bertz CT molecular complexity index is 931. The van der Waals surface area contributed by atoms with E-state index in [4.69, 9.17) is 14.2 Å². The molecule has 1 N–H and O–H groups in total. The van der Waals surface area contributed by atoms with Crippen LogP contribution in [0.25, 0.3) is 0 Å². The second-order valence-corrected chi connectivity index (χ2v) is 8.32. The van der Waals surface area contributed by atoms with Crippen molar-refractivity contribution >= 4 is 15.9 Å². The number of carbonyl (C=O) groups excluding carboxylic acids is 1. The average molecular weight is 420 g/mol. The van der Waals surface area contributed by atoms with Crippen molar-refractivity contribution in [1.82, 2.24) is 9.62 Å². The standard InChI is InChI=1S/C20H24N2O6S/c1-26-17-4-3-5-18(27-2)19(17)20(23)21-14-15-6-8-16(9-7-15)29(24,25)22-10-12-28-13-11-22/h3-9H,10-14H2,1-2H3,(H,21,23). The summed E-state index contributed by atoms with van der Waals surface area (Å²) >= 11 is 0. The van der Waals surface area contributed by atoms with Gasteiger partial charge >= 0.3 is 0 Å². The minimum absolute atomic E-state index is 0.223. The highest BCUT2D eigenvalue weighted by Gasteiger charge is 2.26. The molecule has 8 nitrogen and oxygen atoms in total. The van der Waals surface area contributed by atoms with Crippen molar-refractivity contribution in [3.8, 4) is 11.5 Å². The smallest absolute Gasteiger partial charge is 0.259 e. The van der Waals surface area contributed by atoms with Gasteiger partial charge in [-0.15, -0.1) is 0 Å². The van der Waals surface area contributed by atoms with Gasteiger partial charge in [0.2, 0.25) is 10.0 Å². The number of benzene rings is 2. The zero-order valence-electron chi connectivity index (χ0n) is 16.4. The molecule has 0 aromatic heterocycles. The zero-order chi connectivity index (χ0) is 20.9. The van der Waals surface area contributed by atoms with Crippen LogP contribution < -0.4 is 14.8 Å². The Balaban J connectivity index is 1.69. The number of carbonyl (C=O) groups is 1. The quantitative estimate of drug-likeness (QED) is 0.732. The first kappa shape index (κ1) is 21.1. The molecule has 3 rings (SSSR count). The van der Waals surface area contributed by atoms with E-state index < -0.39 is 10.0 Å². The molecule has 9 heteroatoms. The monoisotopic (exact) mass is 420 g/mol. The van der Waals surface area contributed by atoms with Gasteiger partial charge in [0.25, 0.3) is 5.91 Å². The van der Waals surface area contributed by atoms with Crippen LogP contribution in [0.4, 0.5) is 0 Å². The van der Waals surface area contributed by atoms with Crippen molar-refractivity contribution in [1.29, 1.82) is 0 Å². The van der Waals surface area contributed by atoms with Gasteiger partial charge in [0.1, 0.15) is 17.1 Å². The van der Waals surface area contributed by atoms with Gasteiger partial charge < -0.3 is 19.5 Å².